The highest BCUT2D eigenvalue weighted by Gasteiger charge is 2.47. The Morgan fingerprint density at radius 2 is 2.05 bits per heavy atom. The van der Waals surface area contributed by atoms with Gasteiger partial charge in [-0.2, -0.15) is 0 Å². The minimum Gasteiger partial charge on any atom is -0.379 e. The van der Waals surface area contributed by atoms with Crippen LogP contribution in [0.15, 0.2) is 24.3 Å². The van der Waals surface area contributed by atoms with Gasteiger partial charge < -0.3 is 10.1 Å². The summed E-state index contributed by atoms with van der Waals surface area (Å²) in [5, 5.41) is 3.67. The first kappa shape index (κ1) is 13.1. The topological polar surface area (TPSA) is 21.3 Å². The summed E-state index contributed by atoms with van der Waals surface area (Å²) in [5.41, 5.74) is 3.16. The first-order valence-electron chi connectivity index (χ1n) is 7.68. The first-order valence-corrected chi connectivity index (χ1v) is 7.68. The number of hydrogen-bond donors (Lipinski definition) is 1. The average molecular weight is 259 g/mol. The van der Waals surface area contributed by atoms with E-state index < -0.39 is 0 Å². The number of ether oxygens (including phenoxy) is 1. The molecule has 1 N–H and O–H groups in total. The predicted molar refractivity (Wildman–Crippen MR) is 78.7 cm³/mol. The van der Waals surface area contributed by atoms with Crippen molar-refractivity contribution in [2.75, 3.05) is 19.8 Å². The van der Waals surface area contributed by atoms with E-state index in [1.54, 1.807) is 0 Å². The quantitative estimate of drug-likeness (QED) is 0.896. The lowest BCUT2D eigenvalue weighted by Crippen LogP contribution is -2.58. The molecule has 1 aromatic rings. The van der Waals surface area contributed by atoms with Gasteiger partial charge in [-0.15, -0.1) is 0 Å². The van der Waals surface area contributed by atoms with Crippen LogP contribution in [0.25, 0.3) is 0 Å². The van der Waals surface area contributed by atoms with E-state index in [4.69, 9.17) is 4.74 Å². The molecule has 0 spiro atoms. The third kappa shape index (κ3) is 2.21. The third-order valence-electron chi connectivity index (χ3n) is 5.11. The second-order valence-electron chi connectivity index (χ2n) is 6.23. The van der Waals surface area contributed by atoms with Crippen LogP contribution in [-0.2, 0) is 10.2 Å². The molecule has 0 radical (unpaired) electrons. The van der Waals surface area contributed by atoms with Gasteiger partial charge in [0, 0.05) is 6.04 Å². The zero-order valence-corrected chi connectivity index (χ0v) is 12.1. The molecule has 2 heteroatoms. The predicted octanol–water partition coefficient (Wildman–Crippen LogP) is 3.22. The molecular weight excluding hydrogens is 234 g/mol. The molecule has 2 unspecified atom stereocenters. The zero-order chi connectivity index (χ0) is 13.3. The van der Waals surface area contributed by atoms with E-state index in [9.17, 15) is 0 Å². The summed E-state index contributed by atoms with van der Waals surface area (Å²) in [7, 11) is 0. The first-order chi connectivity index (χ1) is 9.26. The van der Waals surface area contributed by atoms with Gasteiger partial charge in [0.15, 0.2) is 0 Å². The van der Waals surface area contributed by atoms with Crippen LogP contribution < -0.4 is 5.32 Å². The van der Waals surface area contributed by atoms with Crippen molar-refractivity contribution < 1.29 is 4.74 Å². The van der Waals surface area contributed by atoms with E-state index in [0.29, 0.717) is 12.0 Å². The lowest BCUT2D eigenvalue weighted by molar-refractivity contribution is -0.0760. The third-order valence-corrected chi connectivity index (χ3v) is 5.11. The fraction of sp³-hybridized carbons (Fsp3) is 0.647. The minimum atomic E-state index is 0.241. The normalized spacial score (nSPS) is 26.9. The van der Waals surface area contributed by atoms with Crippen LogP contribution in [0.3, 0.4) is 0 Å². The van der Waals surface area contributed by atoms with Gasteiger partial charge in [-0.25, -0.2) is 0 Å². The summed E-state index contributed by atoms with van der Waals surface area (Å²) < 4.78 is 5.56. The fourth-order valence-electron chi connectivity index (χ4n) is 3.43. The molecule has 2 saturated heterocycles. The van der Waals surface area contributed by atoms with Gasteiger partial charge >= 0.3 is 0 Å². The molecule has 0 amide bonds. The molecule has 2 nitrogen and oxygen atoms in total. The largest absolute Gasteiger partial charge is 0.379 e. The highest BCUT2D eigenvalue weighted by Crippen LogP contribution is 2.39. The monoisotopic (exact) mass is 259 g/mol. The van der Waals surface area contributed by atoms with Crippen LogP contribution in [0.2, 0.25) is 0 Å². The smallest absolute Gasteiger partial charge is 0.0600 e. The van der Waals surface area contributed by atoms with Crippen molar-refractivity contribution in [3.05, 3.63) is 35.4 Å². The Balaban J connectivity index is 1.83. The summed E-state index contributed by atoms with van der Waals surface area (Å²) in [6, 6.07) is 9.92. The van der Waals surface area contributed by atoms with Gasteiger partial charge in [0.1, 0.15) is 0 Å². The zero-order valence-electron chi connectivity index (χ0n) is 12.1. The van der Waals surface area contributed by atoms with Crippen LogP contribution in [0.1, 0.15) is 50.2 Å². The van der Waals surface area contributed by atoms with Crippen molar-refractivity contribution in [1.29, 1.82) is 0 Å². The van der Waals surface area contributed by atoms with Crippen molar-refractivity contribution in [3.8, 4) is 0 Å². The second kappa shape index (κ2) is 5.26. The van der Waals surface area contributed by atoms with Crippen molar-refractivity contribution >= 4 is 0 Å². The van der Waals surface area contributed by atoms with Crippen molar-refractivity contribution in [2.24, 2.45) is 0 Å². The van der Waals surface area contributed by atoms with Gasteiger partial charge in [0.2, 0.25) is 0 Å². The second-order valence-corrected chi connectivity index (χ2v) is 6.23. The van der Waals surface area contributed by atoms with E-state index in [-0.39, 0.29) is 5.41 Å². The van der Waals surface area contributed by atoms with Crippen LogP contribution in [0.4, 0.5) is 0 Å². The lowest BCUT2D eigenvalue weighted by atomic mass is 9.71. The molecule has 2 fully saturated rings. The fourth-order valence-corrected chi connectivity index (χ4v) is 3.43. The molecule has 2 atom stereocenters. The Morgan fingerprint density at radius 1 is 1.32 bits per heavy atom. The van der Waals surface area contributed by atoms with Crippen molar-refractivity contribution in [1.82, 2.24) is 5.32 Å². The van der Waals surface area contributed by atoms with E-state index in [0.717, 1.165) is 19.8 Å². The van der Waals surface area contributed by atoms with Crippen LogP contribution >= 0.6 is 0 Å². The maximum atomic E-state index is 5.56. The lowest BCUT2D eigenvalue weighted by Gasteiger charge is -2.46. The Morgan fingerprint density at radius 3 is 2.53 bits per heavy atom. The maximum Gasteiger partial charge on any atom is 0.0600 e. The molecule has 1 aromatic carbocycles. The molecule has 104 valence electrons. The molecule has 0 aromatic heterocycles. The number of nitrogens with one attached hydrogen (secondary N) is 1. The molecule has 19 heavy (non-hydrogen) atoms. The van der Waals surface area contributed by atoms with Crippen LogP contribution in [0.5, 0.6) is 0 Å². The molecule has 0 aliphatic carbocycles. The Labute approximate surface area is 116 Å². The van der Waals surface area contributed by atoms with E-state index in [1.165, 1.54) is 30.4 Å². The van der Waals surface area contributed by atoms with Crippen molar-refractivity contribution in [3.63, 3.8) is 0 Å². The van der Waals surface area contributed by atoms with Gasteiger partial charge in [-0.1, -0.05) is 38.1 Å². The summed E-state index contributed by atoms with van der Waals surface area (Å²) in [4.78, 5) is 0. The molecule has 3 rings (SSSR count). The van der Waals surface area contributed by atoms with Crippen LogP contribution in [0, 0.1) is 0 Å². The average Bonchev–Trinajstić information content (AvgIpc) is 2.92. The molecular formula is C17H25NO. The molecule has 0 bridgehead atoms. The van der Waals surface area contributed by atoms with Crippen molar-refractivity contribution in [2.45, 2.75) is 50.5 Å². The molecule has 2 aliphatic heterocycles. The van der Waals surface area contributed by atoms with Gasteiger partial charge in [-0.3, -0.25) is 0 Å². The molecule has 2 heterocycles. The summed E-state index contributed by atoms with van der Waals surface area (Å²) in [6.45, 7) is 7.48. The maximum absolute atomic E-state index is 5.56. The highest BCUT2D eigenvalue weighted by molar-refractivity contribution is 5.34. The Kier molecular flexibility index (Phi) is 3.64. The SMILES string of the molecule is CCC(C)c1ccc(C2(C3CCCN3)COC2)cc1. The van der Waals surface area contributed by atoms with Gasteiger partial charge in [0.05, 0.1) is 18.6 Å². The molecule has 0 saturated carbocycles. The number of benzene rings is 1. The van der Waals surface area contributed by atoms with Crippen LogP contribution in [-0.4, -0.2) is 25.8 Å². The minimum absolute atomic E-state index is 0.241. The highest BCUT2D eigenvalue weighted by atomic mass is 16.5. The van der Waals surface area contributed by atoms with Gasteiger partial charge in [-0.05, 0) is 42.9 Å². The standard InChI is InChI=1S/C17H25NO/c1-3-13(2)14-6-8-15(9-7-14)17(11-19-12-17)16-5-4-10-18-16/h6-9,13,16,18H,3-5,10-12H2,1-2H3. The Bertz CT molecular complexity index is 415. The summed E-state index contributed by atoms with van der Waals surface area (Å²) in [5.74, 6) is 0.659. The number of rotatable bonds is 4. The van der Waals surface area contributed by atoms with Gasteiger partial charge in [0.25, 0.3) is 0 Å². The summed E-state index contributed by atoms with van der Waals surface area (Å²) >= 11 is 0. The van der Waals surface area contributed by atoms with E-state index in [2.05, 4.69) is 43.4 Å². The number of hydrogen-bond acceptors (Lipinski definition) is 2. The molecule has 2 aliphatic rings. The summed E-state index contributed by atoms with van der Waals surface area (Å²) in [6.07, 6.45) is 3.80. The van der Waals surface area contributed by atoms with E-state index in [1.807, 2.05) is 0 Å². The Hall–Kier alpha value is -0.860. The van der Waals surface area contributed by atoms with E-state index >= 15 is 0 Å².